The molecule has 0 aromatic carbocycles. The van der Waals surface area contributed by atoms with Gasteiger partial charge in [0.25, 0.3) is 0 Å². The van der Waals surface area contributed by atoms with Gasteiger partial charge in [-0.15, -0.1) is 6.58 Å². The molecule has 1 amide bonds. The van der Waals surface area contributed by atoms with Gasteiger partial charge in [0.2, 0.25) is 5.91 Å². The van der Waals surface area contributed by atoms with E-state index in [4.69, 9.17) is 5.73 Å². The van der Waals surface area contributed by atoms with Gasteiger partial charge in [-0.25, -0.2) is 0 Å². The Balaban J connectivity index is 4.28. The smallest absolute Gasteiger partial charge is 0.244 e. The van der Waals surface area contributed by atoms with Gasteiger partial charge in [0.1, 0.15) is 0 Å². The van der Waals surface area contributed by atoms with Crippen LogP contribution in [0.4, 0.5) is 0 Å². The Morgan fingerprint density at radius 3 is 2.64 bits per heavy atom. The molecule has 3 nitrogen and oxygen atoms in total. The third-order valence-corrected chi connectivity index (χ3v) is 2.04. The zero-order chi connectivity index (χ0) is 11.0. The molecule has 0 heterocycles. The van der Waals surface area contributed by atoms with Gasteiger partial charge >= 0.3 is 0 Å². The predicted octanol–water partition coefficient (Wildman–Crippen LogP) is 1.71. The van der Waals surface area contributed by atoms with Crippen molar-refractivity contribution in [2.45, 2.75) is 38.3 Å². The number of nitrogens with one attached hydrogen (secondary N) is 1. The monoisotopic (exact) mass is 196 g/mol. The van der Waals surface area contributed by atoms with E-state index in [2.05, 4.69) is 25.4 Å². The zero-order valence-corrected chi connectivity index (χ0v) is 8.88. The molecule has 3 N–H and O–H groups in total. The Kier molecular flexibility index (Phi) is 5.88. The summed E-state index contributed by atoms with van der Waals surface area (Å²) >= 11 is 0. The molecule has 0 aliphatic carbocycles. The lowest BCUT2D eigenvalue weighted by atomic mass is 9.99. The number of carbonyl (C=O) groups excluding carboxylic acids is 1. The zero-order valence-electron chi connectivity index (χ0n) is 8.88. The SMILES string of the molecule is C=CCC(N)(CCCC)NC(=O)C=C. The molecule has 0 spiro atoms. The van der Waals surface area contributed by atoms with E-state index in [0.717, 1.165) is 19.3 Å². The summed E-state index contributed by atoms with van der Waals surface area (Å²) in [7, 11) is 0. The van der Waals surface area contributed by atoms with Gasteiger partial charge in [-0.1, -0.05) is 32.4 Å². The van der Waals surface area contributed by atoms with Crippen molar-refractivity contribution in [1.29, 1.82) is 0 Å². The van der Waals surface area contributed by atoms with Crippen molar-refractivity contribution in [2.75, 3.05) is 0 Å². The van der Waals surface area contributed by atoms with Crippen LogP contribution < -0.4 is 11.1 Å². The molecule has 1 atom stereocenters. The van der Waals surface area contributed by atoms with Gasteiger partial charge in [0.15, 0.2) is 0 Å². The largest absolute Gasteiger partial charge is 0.334 e. The fraction of sp³-hybridized carbons (Fsp3) is 0.545. The maximum absolute atomic E-state index is 11.1. The fourth-order valence-corrected chi connectivity index (χ4v) is 1.26. The lowest BCUT2D eigenvalue weighted by Crippen LogP contribution is -2.55. The summed E-state index contributed by atoms with van der Waals surface area (Å²) in [6.07, 6.45) is 6.33. The van der Waals surface area contributed by atoms with Gasteiger partial charge in [-0.2, -0.15) is 0 Å². The highest BCUT2D eigenvalue weighted by molar-refractivity contribution is 5.87. The van der Waals surface area contributed by atoms with Gasteiger partial charge < -0.3 is 11.1 Å². The number of hydrogen-bond donors (Lipinski definition) is 2. The van der Waals surface area contributed by atoms with Crippen LogP contribution in [-0.2, 0) is 4.79 Å². The van der Waals surface area contributed by atoms with Crippen molar-refractivity contribution in [1.82, 2.24) is 5.32 Å². The molecule has 0 fully saturated rings. The van der Waals surface area contributed by atoms with E-state index in [1.165, 1.54) is 6.08 Å². The summed E-state index contributed by atoms with van der Waals surface area (Å²) in [4.78, 5) is 11.1. The van der Waals surface area contributed by atoms with Crippen molar-refractivity contribution in [3.8, 4) is 0 Å². The molecule has 0 aliphatic rings. The van der Waals surface area contributed by atoms with Crippen molar-refractivity contribution in [3.05, 3.63) is 25.3 Å². The van der Waals surface area contributed by atoms with Gasteiger partial charge in [-0.05, 0) is 12.5 Å². The second-order valence-corrected chi connectivity index (χ2v) is 3.45. The second kappa shape index (κ2) is 6.38. The Morgan fingerprint density at radius 1 is 1.57 bits per heavy atom. The number of unbranched alkanes of at least 4 members (excludes halogenated alkanes) is 1. The van der Waals surface area contributed by atoms with Crippen LogP contribution in [0, 0.1) is 0 Å². The van der Waals surface area contributed by atoms with E-state index in [0.29, 0.717) is 6.42 Å². The predicted molar refractivity (Wildman–Crippen MR) is 59.6 cm³/mol. The minimum absolute atomic E-state index is 0.231. The van der Waals surface area contributed by atoms with E-state index in [9.17, 15) is 4.79 Å². The first-order valence-corrected chi connectivity index (χ1v) is 4.92. The van der Waals surface area contributed by atoms with Crippen LogP contribution in [0.5, 0.6) is 0 Å². The highest BCUT2D eigenvalue weighted by atomic mass is 16.1. The van der Waals surface area contributed by atoms with Crippen LogP contribution in [0.1, 0.15) is 32.6 Å². The molecule has 14 heavy (non-hydrogen) atoms. The van der Waals surface area contributed by atoms with E-state index in [1.54, 1.807) is 6.08 Å². The van der Waals surface area contributed by atoms with Crippen LogP contribution >= 0.6 is 0 Å². The summed E-state index contributed by atoms with van der Waals surface area (Å²) in [6, 6.07) is 0. The summed E-state index contributed by atoms with van der Waals surface area (Å²) < 4.78 is 0. The van der Waals surface area contributed by atoms with Crippen molar-refractivity contribution >= 4 is 5.91 Å². The third kappa shape index (κ3) is 4.82. The summed E-state index contributed by atoms with van der Waals surface area (Å²) in [6.45, 7) is 9.11. The van der Waals surface area contributed by atoms with E-state index in [1.807, 2.05) is 0 Å². The minimum atomic E-state index is -0.664. The first kappa shape index (κ1) is 12.9. The summed E-state index contributed by atoms with van der Waals surface area (Å²) in [5, 5.41) is 2.73. The Labute approximate surface area is 86.1 Å². The highest BCUT2D eigenvalue weighted by Gasteiger charge is 2.23. The molecule has 0 saturated heterocycles. The lowest BCUT2D eigenvalue weighted by molar-refractivity contribution is -0.118. The molecule has 0 radical (unpaired) electrons. The second-order valence-electron chi connectivity index (χ2n) is 3.45. The van der Waals surface area contributed by atoms with Crippen LogP contribution in [-0.4, -0.2) is 11.6 Å². The molecule has 0 saturated carbocycles. The van der Waals surface area contributed by atoms with Crippen LogP contribution in [0.15, 0.2) is 25.3 Å². The lowest BCUT2D eigenvalue weighted by Gasteiger charge is -2.29. The molecule has 1 unspecified atom stereocenters. The highest BCUT2D eigenvalue weighted by Crippen LogP contribution is 2.13. The van der Waals surface area contributed by atoms with Crippen LogP contribution in [0.3, 0.4) is 0 Å². The van der Waals surface area contributed by atoms with E-state index in [-0.39, 0.29) is 5.91 Å². The quantitative estimate of drug-likeness (QED) is 0.370. The molecule has 0 aromatic rings. The molecule has 0 aliphatic heterocycles. The molecule has 0 rings (SSSR count). The number of carbonyl (C=O) groups is 1. The number of hydrogen-bond acceptors (Lipinski definition) is 2. The van der Waals surface area contributed by atoms with Gasteiger partial charge in [0.05, 0.1) is 5.66 Å². The number of rotatable bonds is 7. The summed E-state index contributed by atoms with van der Waals surface area (Å²) in [5.41, 5.74) is 5.36. The maximum atomic E-state index is 11.1. The Morgan fingerprint density at radius 2 is 2.21 bits per heavy atom. The minimum Gasteiger partial charge on any atom is -0.334 e. The molecule has 0 aromatic heterocycles. The Bertz CT molecular complexity index is 213. The van der Waals surface area contributed by atoms with Crippen molar-refractivity contribution in [3.63, 3.8) is 0 Å². The average Bonchev–Trinajstić information content (AvgIpc) is 2.15. The van der Waals surface area contributed by atoms with Gasteiger partial charge in [0, 0.05) is 6.42 Å². The number of nitrogens with two attached hydrogens (primary N) is 1. The normalized spacial score (nSPS) is 14.1. The molecule has 80 valence electrons. The molecule has 3 heteroatoms. The first-order valence-electron chi connectivity index (χ1n) is 4.92. The fourth-order valence-electron chi connectivity index (χ4n) is 1.26. The third-order valence-electron chi connectivity index (χ3n) is 2.04. The summed E-state index contributed by atoms with van der Waals surface area (Å²) in [5.74, 6) is -0.231. The van der Waals surface area contributed by atoms with E-state index < -0.39 is 5.66 Å². The number of amides is 1. The Hall–Kier alpha value is -1.09. The molecular weight excluding hydrogens is 176 g/mol. The maximum Gasteiger partial charge on any atom is 0.244 e. The topological polar surface area (TPSA) is 55.1 Å². The van der Waals surface area contributed by atoms with Crippen molar-refractivity contribution in [2.24, 2.45) is 5.73 Å². The molecular formula is C11H20N2O. The first-order chi connectivity index (χ1) is 6.58. The van der Waals surface area contributed by atoms with Crippen LogP contribution in [0.2, 0.25) is 0 Å². The van der Waals surface area contributed by atoms with Gasteiger partial charge in [-0.3, -0.25) is 4.79 Å². The standard InChI is InChI=1S/C11H20N2O/c1-4-7-9-11(12,8-5-2)13-10(14)6-3/h5-6H,2-4,7-9,12H2,1H3,(H,13,14). The molecule has 0 bridgehead atoms. The average molecular weight is 196 g/mol. The van der Waals surface area contributed by atoms with Crippen molar-refractivity contribution < 1.29 is 4.79 Å². The van der Waals surface area contributed by atoms with Crippen LogP contribution in [0.25, 0.3) is 0 Å². The van der Waals surface area contributed by atoms with E-state index >= 15 is 0 Å².